The van der Waals surface area contributed by atoms with Gasteiger partial charge in [0.2, 0.25) is 0 Å². The zero-order valence-corrected chi connectivity index (χ0v) is 10.6. The summed E-state index contributed by atoms with van der Waals surface area (Å²) in [5.41, 5.74) is 8.62. The van der Waals surface area contributed by atoms with Crippen LogP contribution in [0, 0.1) is 13.8 Å². The van der Waals surface area contributed by atoms with E-state index >= 15 is 0 Å². The molecule has 0 aliphatic heterocycles. The van der Waals surface area contributed by atoms with Gasteiger partial charge in [0.1, 0.15) is 0 Å². The normalized spacial score (nSPS) is 11.6. The van der Waals surface area contributed by atoms with Crippen LogP contribution in [-0.4, -0.2) is 11.3 Å². The predicted molar refractivity (Wildman–Crippen MR) is 67.7 cm³/mol. The van der Waals surface area contributed by atoms with E-state index in [-0.39, 0.29) is 11.3 Å². The Bertz CT molecular complexity index is 388. The largest absolute Gasteiger partial charge is 0.326 e. The van der Waals surface area contributed by atoms with Crippen LogP contribution in [-0.2, 0) is 0 Å². The maximum Gasteiger partial charge on any atom is 0.163 e. The van der Waals surface area contributed by atoms with Crippen molar-refractivity contribution in [1.29, 1.82) is 0 Å². The van der Waals surface area contributed by atoms with Crippen LogP contribution in [0.2, 0.25) is 0 Å². The zero-order valence-electron chi connectivity index (χ0n) is 10.6. The molecule has 0 unspecified atom stereocenters. The summed E-state index contributed by atoms with van der Waals surface area (Å²) >= 11 is 0. The lowest BCUT2D eigenvalue weighted by Crippen LogP contribution is -2.32. The minimum absolute atomic E-state index is 0.194. The van der Waals surface area contributed by atoms with E-state index in [1.54, 1.807) is 0 Å². The minimum atomic E-state index is -0.270. The molecule has 0 aliphatic carbocycles. The molecule has 0 atom stereocenters. The second-order valence-electron chi connectivity index (χ2n) is 5.23. The first kappa shape index (κ1) is 12.9. The molecular formula is C14H21NO. The Kier molecular flexibility index (Phi) is 3.87. The topological polar surface area (TPSA) is 43.1 Å². The highest BCUT2D eigenvalue weighted by Gasteiger charge is 2.15. The van der Waals surface area contributed by atoms with Gasteiger partial charge in [-0.05, 0) is 45.7 Å². The molecular weight excluding hydrogens is 198 g/mol. The van der Waals surface area contributed by atoms with Gasteiger partial charge >= 0.3 is 0 Å². The smallest absolute Gasteiger partial charge is 0.163 e. The maximum absolute atomic E-state index is 12.0. The number of carbonyl (C=O) groups is 1. The summed E-state index contributed by atoms with van der Waals surface area (Å²) in [4.78, 5) is 12.0. The van der Waals surface area contributed by atoms with Crippen LogP contribution in [0.1, 0.15) is 48.2 Å². The highest BCUT2D eigenvalue weighted by molar-refractivity contribution is 5.97. The maximum atomic E-state index is 12.0. The highest BCUT2D eigenvalue weighted by Crippen LogP contribution is 2.16. The fourth-order valence-corrected chi connectivity index (χ4v) is 1.61. The average molecular weight is 219 g/mol. The molecule has 0 saturated carbocycles. The predicted octanol–water partition coefficient (Wildman–Crippen LogP) is 3.00. The molecule has 0 heterocycles. The molecule has 0 saturated heterocycles. The van der Waals surface area contributed by atoms with Gasteiger partial charge in [0.25, 0.3) is 0 Å². The number of rotatable bonds is 4. The van der Waals surface area contributed by atoms with Crippen molar-refractivity contribution < 1.29 is 4.79 Å². The summed E-state index contributed by atoms with van der Waals surface area (Å²) in [7, 11) is 0. The first-order valence-corrected chi connectivity index (χ1v) is 5.69. The number of hydrogen-bond acceptors (Lipinski definition) is 2. The van der Waals surface area contributed by atoms with Gasteiger partial charge in [-0.15, -0.1) is 0 Å². The van der Waals surface area contributed by atoms with Gasteiger partial charge < -0.3 is 5.73 Å². The van der Waals surface area contributed by atoms with Crippen molar-refractivity contribution in [3.05, 3.63) is 34.9 Å². The van der Waals surface area contributed by atoms with Gasteiger partial charge in [0, 0.05) is 17.5 Å². The summed E-state index contributed by atoms with van der Waals surface area (Å²) in [5.74, 6) is 0.194. The van der Waals surface area contributed by atoms with Gasteiger partial charge in [-0.3, -0.25) is 4.79 Å². The first-order valence-electron chi connectivity index (χ1n) is 5.69. The molecule has 0 bridgehead atoms. The molecule has 0 radical (unpaired) electrons. The van der Waals surface area contributed by atoms with Crippen molar-refractivity contribution in [2.75, 3.05) is 0 Å². The van der Waals surface area contributed by atoms with Crippen molar-refractivity contribution in [3.63, 3.8) is 0 Å². The van der Waals surface area contributed by atoms with E-state index in [1.807, 2.05) is 45.9 Å². The van der Waals surface area contributed by atoms with Gasteiger partial charge in [0.15, 0.2) is 5.78 Å². The van der Waals surface area contributed by atoms with Crippen LogP contribution in [0.15, 0.2) is 18.2 Å². The van der Waals surface area contributed by atoms with Crippen molar-refractivity contribution in [3.8, 4) is 0 Å². The van der Waals surface area contributed by atoms with Crippen LogP contribution in [0.5, 0.6) is 0 Å². The third-order valence-electron chi connectivity index (χ3n) is 2.69. The summed E-state index contributed by atoms with van der Waals surface area (Å²) in [6.07, 6.45) is 1.24. The third-order valence-corrected chi connectivity index (χ3v) is 2.69. The van der Waals surface area contributed by atoms with Gasteiger partial charge in [-0.1, -0.05) is 17.7 Å². The van der Waals surface area contributed by atoms with E-state index in [0.29, 0.717) is 6.42 Å². The first-order chi connectivity index (χ1) is 7.29. The molecule has 88 valence electrons. The lowest BCUT2D eigenvalue weighted by atomic mass is 9.93. The van der Waals surface area contributed by atoms with E-state index < -0.39 is 0 Å². The van der Waals surface area contributed by atoms with Crippen molar-refractivity contribution in [2.45, 2.75) is 46.1 Å². The number of hydrogen-bond donors (Lipinski definition) is 1. The van der Waals surface area contributed by atoms with Crippen molar-refractivity contribution >= 4 is 5.78 Å². The number of Topliss-reactive ketones (excluding diaryl/α,β-unsaturated/α-hetero) is 1. The summed E-state index contributed by atoms with van der Waals surface area (Å²) in [5, 5.41) is 0. The van der Waals surface area contributed by atoms with Gasteiger partial charge in [-0.2, -0.15) is 0 Å². The van der Waals surface area contributed by atoms with Gasteiger partial charge in [0.05, 0.1) is 0 Å². The lowest BCUT2D eigenvalue weighted by molar-refractivity contribution is 0.0972. The van der Waals surface area contributed by atoms with Gasteiger partial charge in [-0.25, -0.2) is 0 Å². The van der Waals surface area contributed by atoms with E-state index in [4.69, 9.17) is 5.73 Å². The number of ketones is 1. The number of benzene rings is 1. The molecule has 16 heavy (non-hydrogen) atoms. The molecule has 0 aromatic heterocycles. The standard InChI is InChI=1S/C14H21NO/c1-10-5-6-11(2)12(9-10)13(16)7-8-14(3,4)15/h5-6,9H,7-8,15H2,1-4H3. The molecule has 0 spiro atoms. The fourth-order valence-electron chi connectivity index (χ4n) is 1.61. The monoisotopic (exact) mass is 219 g/mol. The summed E-state index contributed by atoms with van der Waals surface area (Å²) < 4.78 is 0. The fraction of sp³-hybridized carbons (Fsp3) is 0.500. The highest BCUT2D eigenvalue weighted by atomic mass is 16.1. The molecule has 0 fully saturated rings. The Morgan fingerprint density at radius 1 is 1.31 bits per heavy atom. The second kappa shape index (κ2) is 4.79. The molecule has 1 rings (SSSR count). The Hall–Kier alpha value is -1.15. The summed E-state index contributed by atoms with van der Waals surface area (Å²) in [6, 6.07) is 5.98. The number of carbonyl (C=O) groups excluding carboxylic acids is 1. The summed E-state index contributed by atoms with van der Waals surface area (Å²) in [6.45, 7) is 7.87. The van der Waals surface area contributed by atoms with Crippen LogP contribution < -0.4 is 5.73 Å². The molecule has 1 aromatic rings. The zero-order chi connectivity index (χ0) is 12.3. The van der Waals surface area contributed by atoms with E-state index in [9.17, 15) is 4.79 Å². The SMILES string of the molecule is Cc1ccc(C)c(C(=O)CCC(C)(C)N)c1. The van der Waals surface area contributed by atoms with Crippen LogP contribution in [0.25, 0.3) is 0 Å². The molecule has 0 amide bonds. The van der Waals surface area contributed by atoms with Crippen LogP contribution >= 0.6 is 0 Å². The van der Waals surface area contributed by atoms with E-state index in [2.05, 4.69) is 0 Å². The number of aryl methyl sites for hydroxylation is 2. The van der Waals surface area contributed by atoms with Crippen LogP contribution in [0.3, 0.4) is 0 Å². The van der Waals surface area contributed by atoms with Crippen LogP contribution in [0.4, 0.5) is 0 Å². The Morgan fingerprint density at radius 2 is 1.94 bits per heavy atom. The molecule has 0 aliphatic rings. The lowest BCUT2D eigenvalue weighted by Gasteiger charge is -2.17. The van der Waals surface area contributed by atoms with Crippen molar-refractivity contribution in [1.82, 2.24) is 0 Å². The Labute approximate surface area is 97.9 Å². The average Bonchev–Trinajstić information content (AvgIpc) is 2.17. The molecule has 2 nitrogen and oxygen atoms in total. The Balaban J connectivity index is 2.77. The van der Waals surface area contributed by atoms with Crippen molar-refractivity contribution in [2.24, 2.45) is 5.73 Å². The molecule has 2 heteroatoms. The Morgan fingerprint density at radius 3 is 2.50 bits per heavy atom. The minimum Gasteiger partial charge on any atom is -0.326 e. The molecule has 1 aromatic carbocycles. The molecule has 2 N–H and O–H groups in total. The van der Waals surface area contributed by atoms with E-state index in [0.717, 1.165) is 23.1 Å². The third kappa shape index (κ3) is 3.78. The number of nitrogens with two attached hydrogens (primary N) is 1. The van der Waals surface area contributed by atoms with E-state index in [1.165, 1.54) is 0 Å². The second-order valence-corrected chi connectivity index (χ2v) is 5.23. The quantitative estimate of drug-likeness (QED) is 0.791.